The largest absolute Gasteiger partial charge is 0.377 e. The van der Waals surface area contributed by atoms with Crippen molar-refractivity contribution < 1.29 is 4.74 Å². The molecule has 3 aliphatic rings. The van der Waals surface area contributed by atoms with Crippen molar-refractivity contribution in [1.29, 1.82) is 0 Å². The maximum Gasteiger partial charge on any atom is 0.0702 e. The summed E-state index contributed by atoms with van der Waals surface area (Å²) in [6.45, 7) is 4.68. The molecule has 2 bridgehead atoms. The quantitative estimate of drug-likeness (QED) is 0.767. The first kappa shape index (κ1) is 11.0. The smallest absolute Gasteiger partial charge is 0.0702 e. The normalized spacial score (nSPS) is 40.9. The number of nitrogens with zero attached hydrogens (tertiary/aromatic N) is 1. The summed E-state index contributed by atoms with van der Waals surface area (Å²) in [6.07, 6.45) is 8.54. The van der Waals surface area contributed by atoms with Crippen LogP contribution in [0.4, 0.5) is 0 Å². The van der Waals surface area contributed by atoms with E-state index in [-0.39, 0.29) is 0 Å². The fourth-order valence-electron chi connectivity index (χ4n) is 3.42. The van der Waals surface area contributed by atoms with Gasteiger partial charge in [0.15, 0.2) is 0 Å². The Labute approximate surface area is 98.5 Å². The summed E-state index contributed by atoms with van der Waals surface area (Å²) in [5.41, 5.74) is 0. The second kappa shape index (κ2) is 5.03. The molecule has 3 aliphatic heterocycles. The minimum absolute atomic E-state index is 0.519. The van der Waals surface area contributed by atoms with Gasteiger partial charge in [0.2, 0.25) is 0 Å². The van der Waals surface area contributed by atoms with Crippen LogP contribution in [0, 0.1) is 0 Å². The lowest BCUT2D eigenvalue weighted by atomic mass is 10.1. The molecule has 3 unspecified atom stereocenters. The molecular formula is C13H24N2O. The Kier molecular flexibility index (Phi) is 3.46. The van der Waals surface area contributed by atoms with Crippen molar-refractivity contribution in [3.05, 3.63) is 0 Å². The predicted molar refractivity (Wildman–Crippen MR) is 64.6 cm³/mol. The summed E-state index contributed by atoms with van der Waals surface area (Å²) in [7, 11) is 0. The predicted octanol–water partition coefficient (Wildman–Crippen LogP) is 1.38. The zero-order valence-corrected chi connectivity index (χ0v) is 10.2. The zero-order chi connectivity index (χ0) is 10.8. The minimum Gasteiger partial charge on any atom is -0.377 e. The van der Waals surface area contributed by atoms with E-state index in [4.69, 9.17) is 4.74 Å². The Bertz CT molecular complexity index is 228. The first-order chi connectivity index (χ1) is 7.90. The van der Waals surface area contributed by atoms with Crippen molar-refractivity contribution in [3.63, 3.8) is 0 Å². The molecule has 0 aliphatic carbocycles. The van der Waals surface area contributed by atoms with Gasteiger partial charge in [-0.2, -0.15) is 0 Å². The van der Waals surface area contributed by atoms with Crippen molar-refractivity contribution in [1.82, 2.24) is 10.2 Å². The lowest BCUT2D eigenvalue weighted by Crippen LogP contribution is -2.40. The lowest BCUT2D eigenvalue weighted by molar-refractivity contribution is -0.00626. The van der Waals surface area contributed by atoms with Crippen molar-refractivity contribution in [3.8, 4) is 0 Å². The van der Waals surface area contributed by atoms with Crippen LogP contribution in [0.15, 0.2) is 0 Å². The van der Waals surface area contributed by atoms with E-state index in [1.54, 1.807) is 0 Å². The Morgan fingerprint density at radius 2 is 2.00 bits per heavy atom. The van der Waals surface area contributed by atoms with Crippen LogP contribution in [0.3, 0.4) is 0 Å². The monoisotopic (exact) mass is 224 g/mol. The fourth-order valence-corrected chi connectivity index (χ4v) is 3.42. The minimum atomic E-state index is 0.519. The van der Waals surface area contributed by atoms with Gasteiger partial charge in [0.25, 0.3) is 0 Å². The first-order valence-electron chi connectivity index (χ1n) is 7.00. The third-order valence-corrected chi connectivity index (χ3v) is 4.34. The van der Waals surface area contributed by atoms with E-state index >= 15 is 0 Å². The van der Waals surface area contributed by atoms with Crippen LogP contribution in [0.5, 0.6) is 0 Å². The van der Waals surface area contributed by atoms with Crippen LogP contribution in [0.2, 0.25) is 0 Å². The fraction of sp³-hybridized carbons (Fsp3) is 1.00. The average Bonchev–Trinajstić information content (AvgIpc) is 2.64. The van der Waals surface area contributed by atoms with Crippen LogP contribution < -0.4 is 5.32 Å². The van der Waals surface area contributed by atoms with E-state index < -0.39 is 0 Å². The van der Waals surface area contributed by atoms with E-state index in [1.165, 1.54) is 58.2 Å². The Balaban J connectivity index is 1.50. The molecule has 3 fully saturated rings. The van der Waals surface area contributed by atoms with E-state index in [9.17, 15) is 0 Å². The molecule has 3 saturated heterocycles. The van der Waals surface area contributed by atoms with Gasteiger partial charge in [0.1, 0.15) is 0 Å². The molecule has 0 aromatic carbocycles. The highest BCUT2D eigenvalue weighted by molar-refractivity contribution is 4.90. The van der Waals surface area contributed by atoms with Gasteiger partial charge in [-0.1, -0.05) is 0 Å². The highest BCUT2D eigenvalue weighted by Gasteiger charge is 2.30. The SMILES string of the molecule is C1CCC(CN2CCC3CCC(C2)N3)OC1. The van der Waals surface area contributed by atoms with Crippen LogP contribution >= 0.6 is 0 Å². The molecule has 0 aromatic rings. The number of ether oxygens (including phenoxy) is 1. The average molecular weight is 224 g/mol. The van der Waals surface area contributed by atoms with Gasteiger partial charge >= 0.3 is 0 Å². The van der Waals surface area contributed by atoms with Gasteiger partial charge in [-0.3, -0.25) is 4.90 Å². The number of hydrogen-bond donors (Lipinski definition) is 1. The van der Waals surface area contributed by atoms with Gasteiger partial charge in [-0.05, 0) is 45.1 Å². The van der Waals surface area contributed by atoms with Gasteiger partial charge in [-0.15, -0.1) is 0 Å². The Morgan fingerprint density at radius 1 is 1.06 bits per heavy atom. The third-order valence-electron chi connectivity index (χ3n) is 4.34. The summed E-state index contributed by atoms with van der Waals surface area (Å²) >= 11 is 0. The molecule has 16 heavy (non-hydrogen) atoms. The van der Waals surface area contributed by atoms with Gasteiger partial charge in [0, 0.05) is 31.8 Å². The third kappa shape index (κ3) is 2.58. The molecular weight excluding hydrogens is 200 g/mol. The molecule has 92 valence electrons. The van der Waals surface area contributed by atoms with Gasteiger partial charge in [-0.25, -0.2) is 0 Å². The maximum absolute atomic E-state index is 5.84. The maximum atomic E-state index is 5.84. The van der Waals surface area contributed by atoms with E-state index in [2.05, 4.69) is 10.2 Å². The molecule has 0 aromatic heterocycles. The van der Waals surface area contributed by atoms with E-state index in [0.717, 1.165) is 18.7 Å². The molecule has 3 rings (SSSR count). The van der Waals surface area contributed by atoms with Crippen molar-refractivity contribution >= 4 is 0 Å². The molecule has 0 amide bonds. The van der Waals surface area contributed by atoms with Crippen LogP contribution in [-0.4, -0.2) is 49.3 Å². The van der Waals surface area contributed by atoms with E-state index in [1.807, 2.05) is 0 Å². The van der Waals surface area contributed by atoms with Crippen molar-refractivity contribution in [2.24, 2.45) is 0 Å². The Hall–Kier alpha value is -0.120. The van der Waals surface area contributed by atoms with Gasteiger partial charge in [0.05, 0.1) is 6.10 Å². The standard InChI is InChI=1S/C13H24N2O/c1-2-8-16-13(3-1)10-15-7-6-11-4-5-12(9-15)14-11/h11-14H,1-10H2. The highest BCUT2D eigenvalue weighted by Crippen LogP contribution is 2.22. The number of likely N-dealkylation sites (tertiary alicyclic amines) is 1. The van der Waals surface area contributed by atoms with E-state index in [0.29, 0.717) is 6.10 Å². The van der Waals surface area contributed by atoms with Crippen molar-refractivity contribution in [2.45, 2.75) is 56.7 Å². The molecule has 3 nitrogen and oxygen atoms in total. The number of nitrogens with one attached hydrogen (secondary N) is 1. The summed E-state index contributed by atoms with van der Waals surface area (Å²) in [6, 6.07) is 1.57. The number of hydrogen-bond acceptors (Lipinski definition) is 3. The summed E-state index contributed by atoms with van der Waals surface area (Å²) in [4.78, 5) is 2.63. The van der Waals surface area contributed by atoms with Crippen LogP contribution in [0.25, 0.3) is 0 Å². The Morgan fingerprint density at radius 3 is 2.88 bits per heavy atom. The molecule has 1 N–H and O–H groups in total. The summed E-state index contributed by atoms with van der Waals surface area (Å²) in [5, 5.41) is 3.74. The molecule has 0 saturated carbocycles. The summed E-state index contributed by atoms with van der Waals surface area (Å²) < 4.78 is 5.84. The molecule has 3 atom stereocenters. The van der Waals surface area contributed by atoms with Crippen molar-refractivity contribution in [2.75, 3.05) is 26.2 Å². The topological polar surface area (TPSA) is 24.5 Å². The lowest BCUT2D eigenvalue weighted by Gasteiger charge is -2.30. The van der Waals surface area contributed by atoms with Crippen LogP contribution in [-0.2, 0) is 4.74 Å². The molecule has 3 heteroatoms. The van der Waals surface area contributed by atoms with Gasteiger partial charge < -0.3 is 10.1 Å². The first-order valence-corrected chi connectivity index (χ1v) is 7.00. The second-order valence-corrected chi connectivity index (χ2v) is 5.67. The molecule has 3 heterocycles. The molecule has 0 radical (unpaired) electrons. The molecule has 0 spiro atoms. The second-order valence-electron chi connectivity index (χ2n) is 5.67. The zero-order valence-electron chi connectivity index (χ0n) is 10.2. The van der Waals surface area contributed by atoms with Crippen LogP contribution in [0.1, 0.15) is 38.5 Å². The highest BCUT2D eigenvalue weighted by atomic mass is 16.5. The number of fused-ring (bicyclic) bond motifs is 2. The number of rotatable bonds is 2. The summed E-state index contributed by atoms with van der Waals surface area (Å²) in [5.74, 6) is 0.